The normalized spacial score (nSPS) is 11.3. The largest absolute Gasteiger partial charge is 0.382 e. The monoisotopic (exact) mass is 271 g/mol. The Balaban J connectivity index is 2.23. The van der Waals surface area contributed by atoms with E-state index in [2.05, 4.69) is 40.0 Å². The fraction of sp³-hybridized carbons (Fsp3) is 0.385. The minimum atomic E-state index is 0.376. The number of rotatable bonds is 3. The van der Waals surface area contributed by atoms with Crippen molar-refractivity contribution in [2.24, 2.45) is 7.05 Å². The highest BCUT2D eigenvalue weighted by Gasteiger charge is 2.14. The van der Waals surface area contributed by atoms with E-state index >= 15 is 0 Å². The summed E-state index contributed by atoms with van der Waals surface area (Å²) < 4.78 is 3.59. The summed E-state index contributed by atoms with van der Waals surface area (Å²) in [5.74, 6) is 0.872. The zero-order valence-electron chi connectivity index (χ0n) is 11.8. The van der Waals surface area contributed by atoms with E-state index in [1.54, 1.807) is 11.0 Å². The molecular formula is C13H17N7. The summed E-state index contributed by atoms with van der Waals surface area (Å²) in [5, 5.41) is 4.54. The highest BCUT2D eigenvalue weighted by molar-refractivity contribution is 5.82. The molecule has 20 heavy (non-hydrogen) atoms. The van der Waals surface area contributed by atoms with Gasteiger partial charge in [0, 0.05) is 12.7 Å². The summed E-state index contributed by atoms with van der Waals surface area (Å²) >= 11 is 0. The second-order valence-electron chi connectivity index (χ2n) is 4.68. The molecule has 7 heteroatoms. The Morgan fingerprint density at radius 1 is 1.20 bits per heavy atom. The third kappa shape index (κ3) is 1.82. The molecule has 104 valence electrons. The lowest BCUT2D eigenvalue weighted by molar-refractivity contribution is 0.748. The first-order chi connectivity index (χ1) is 9.63. The molecule has 0 aliphatic carbocycles. The van der Waals surface area contributed by atoms with Crippen LogP contribution in [0.5, 0.6) is 0 Å². The smallest absolute Gasteiger partial charge is 0.254 e. The van der Waals surface area contributed by atoms with E-state index in [9.17, 15) is 0 Å². The van der Waals surface area contributed by atoms with Crippen LogP contribution in [0.4, 0.5) is 5.82 Å². The lowest BCUT2D eigenvalue weighted by atomic mass is 10.3. The van der Waals surface area contributed by atoms with Crippen LogP contribution in [0.2, 0.25) is 0 Å². The first-order valence-corrected chi connectivity index (χ1v) is 6.66. The number of hydrogen-bond acceptors (Lipinski definition) is 5. The molecular weight excluding hydrogens is 254 g/mol. The van der Waals surface area contributed by atoms with Crippen molar-refractivity contribution in [3.8, 4) is 5.95 Å². The molecule has 3 aromatic heterocycles. The number of aromatic nitrogens is 6. The van der Waals surface area contributed by atoms with Crippen LogP contribution in [0.25, 0.3) is 17.1 Å². The van der Waals surface area contributed by atoms with Crippen molar-refractivity contribution in [2.75, 3.05) is 5.73 Å². The number of hydrogen-bond donors (Lipinski definition) is 1. The molecule has 3 heterocycles. The van der Waals surface area contributed by atoms with Gasteiger partial charge in [0.2, 0.25) is 0 Å². The summed E-state index contributed by atoms with van der Waals surface area (Å²) in [4.78, 5) is 13.1. The number of fused-ring (bicyclic) bond motifs is 1. The Bertz CT molecular complexity index is 768. The fourth-order valence-corrected chi connectivity index (χ4v) is 2.18. The average molecular weight is 271 g/mol. The molecule has 0 saturated carbocycles. The third-order valence-corrected chi connectivity index (χ3v) is 3.32. The highest BCUT2D eigenvalue weighted by Crippen LogP contribution is 2.18. The van der Waals surface area contributed by atoms with Gasteiger partial charge in [0.15, 0.2) is 11.5 Å². The number of nitrogen functional groups attached to an aromatic ring is 1. The highest BCUT2D eigenvalue weighted by atomic mass is 15.4. The second-order valence-corrected chi connectivity index (χ2v) is 4.68. The molecule has 7 nitrogen and oxygen atoms in total. The van der Waals surface area contributed by atoms with Gasteiger partial charge in [0.05, 0.1) is 12.0 Å². The maximum Gasteiger partial charge on any atom is 0.254 e. The maximum atomic E-state index is 5.97. The number of nitrogens with two attached hydrogens (primary N) is 1. The van der Waals surface area contributed by atoms with E-state index in [1.165, 1.54) is 0 Å². The van der Waals surface area contributed by atoms with Crippen LogP contribution in [0.3, 0.4) is 0 Å². The SMILES string of the molecule is CCc1cc(CC)n(-c2nc(N)c3ncn(C)c3n2)n1. The molecule has 0 bridgehead atoms. The van der Waals surface area contributed by atoms with Crippen LogP contribution in [-0.4, -0.2) is 29.3 Å². The number of nitrogens with zero attached hydrogens (tertiary/aromatic N) is 6. The van der Waals surface area contributed by atoms with Crippen LogP contribution in [0.1, 0.15) is 25.2 Å². The summed E-state index contributed by atoms with van der Waals surface area (Å²) in [7, 11) is 1.88. The van der Waals surface area contributed by atoms with Crippen LogP contribution >= 0.6 is 0 Å². The average Bonchev–Trinajstić information content (AvgIpc) is 3.03. The van der Waals surface area contributed by atoms with Crippen molar-refractivity contribution in [2.45, 2.75) is 26.7 Å². The molecule has 0 spiro atoms. The second kappa shape index (κ2) is 4.59. The first-order valence-electron chi connectivity index (χ1n) is 6.66. The van der Waals surface area contributed by atoms with E-state index in [0.29, 0.717) is 22.9 Å². The van der Waals surface area contributed by atoms with Crippen molar-refractivity contribution in [1.82, 2.24) is 29.3 Å². The van der Waals surface area contributed by atoms with Crippen molar-refractivity contribution < 1.29 is 0 Å². The van der Waals surface area contributed by atoms with Crippen LogP contribution < -0.4 is 5.73 Å². The van der Waals surface area contributed by atoms with Gasteiger partial charge < -0.3 is 10.3 Å². The standard InChI is InChI=1S/C13H17N7/c1-4-8-6-9(5-2)20(18-8)13-16-11(14)10-12(17-13)19(3)7-15-10/h6-7H,4-5H2,1-3H3,(H2,14,16,17). The van der Waals surface area contributed by atoms with E-state index in [4.69, 9.17) is 5.73 Å². The summed E-state index contributed by atoms with van der Waals surface area (Å²) in [6.45, 7) is 4.16. The summed E-state index contributed by atoms with van der Waals surface area (Å²) in [6, 6.07) is 2.08. The van der Waals surface area contributed by atoms with E-state index < -0.39 is 0 Å². The Morgan fingerprint density at radius 3 is 2.70 bits per heavy atom. The van der Waals surface area contributed by atoms with Gasteiger partial charge in [0.1, 0.15) is 5.52 Å². The Labute approximate surface area is 116 Å². The molecule has 0 aliphatic rings. The molecule has 0 radical (unpaired) electrons. The third-order valence-electron chi connectivity index (χ3n) is 3.32. The van der Waals surface area contributed by atoms with Crippen molar-refractivity contribution >= 4 is 17.0 Å². The van der Waals surface area contributed by atoms with Gasteiger partial charge in [-0.15, -0.1) is 0 Å². The van der Waals surface area contributed by atoms with Gasteiger partial charge in [-0.25, -0.2) is 9.67 Å². The summed E-state index contributed by atoms with van der Waals surface area (Å²) in [6.07, 6.45) is 3.42. The van der Waals surface area contributed by atoms with E-state index in [-0.39, 0.29) is 0 Å². The van der Waals surface area contributed by atoms with Gasteiger partial charge in [0.25, 0.3) is 5.95 Å². The van der Waals surface area contributed by atoms with E-state index in [1.807, 2.05) is 11.6 Å². The van der Waals surface area contributed by atoms with Gasteiger partial charge >= 0.3 is 0 Å². The quantitative estimate of drug-likeness (QED) is 0.774. The van der Waals surface area contributed by atoms with Gasteiger partial charge in [-0.1, -0.05) is 13.8 Å². The van der Waals surface area contributed by atoms with Crippen molar-refractivity contribution in [1.29, 1.82) is 0 Å². The number of aryl methyl sites for hydroxylation is 3. The lowest BCUT2D eigenvalue weighted by Gasteiger charge is -2.05. The molecule has 0 aromatic carbocycles. The van der Waals surface area contributed by atoms with Gasteiger partial charge in [-0.2, -0.15) is 15.1 Å². The molecule has 0 atom stereocenters. The molecule has 0 saturated heterocycles. The molecule has 0 unspecified atom stereocenters. The zero-order valence-corrected chi connectivity index (χ0v) is 11.8. The number of imidazole rings is 1. The minimum absolute atomic E-state index is 0.376. The number of anilines is 1. The van der Waals surface area contributed by atoms with E-state index in [0.717, 1.165) is 24.2 Å². The van der Waals surface area contributed by atoms with Crippen LogP contribution in [0.15, 0.2) is 12.4 Å². The van der Waals surface area contributed by atoms with Crippen LogP contribution in [0, 0.1) is 0 Å². The van der Waals surface area contributed by atoms with Gasteiger partial charge in [-0.3, -0.25) is 0 Å². The topological polar surface area (TPSA) is 87.4 Å². The maximum absolute atomic E-state index is 5.97. The summed E-state index contributed by atoms with van der Waals surface area (Å²) in [5.41, 5.74) is 9.40. The minimum Gasteiger partial charge on any atom is -0.382 e. The van der Waals surface area contributed by atoms with Gasteiger partial charge in [-0.05, 0) is 18.9 Å². The molecule has 0 fully saturated rings. The molecule has 2 N–H and O–H groups in total. The molecule has 0 amide bonds. The van der Waals surface area contributed by atoms with Crippen molar-refractivity contribution in [3.63, 3.8) is 0 Å². The first kappa shape index (κ1) is 12.6. The predicted octanol–water partition coefficient (Wildman–Crippen LogP) is 1.26. The molecule has 0 aliphatic heterocycles. The predicted molar refractivity (Wildman–Crippen MR) is 76.6 cm³/mol. The molecule has 3 rings (SSSR count). The Morgan fingerprint density at radius 2 is 2.00 bits per heavy atom. The van der Waals surface area contributed by atoms with Crippen LogP contribution in [-0.2, 0) is 19.9 Å². The lowest BCUT2D eigenvalue weighted by Crippen LogP contribution is -2.09. The molecule has 3 aromatic rings. The Kier molecular flexibility index (Phi) is 2.89. The zero-order chi connectivity index (χ0) is 14.3. The van der Waals surface area contributed by atoms with Crippen molar-refractivity contribution in [3.05, 3.63) is 23.8 Å². The Hall–Kier alpha value is -2.44. The fourth-order valence-electron chi connectivity index (χ4n) is 2.18.